The highest BCUT2D eigenvalue weighted by atomic mass is 32.1. The number of nitrogens with zero attached hydrogens (tertiary/aromatic N) is 5. The molecular formula is C29H33N5OS. The van der Waals surface area contributed by atoms with Crippen molar-refractivity contribution in [1.82, 2.24) is 19.9 Å². The predicted octanol–water partition coefficient (Wildman–Crippen LogP) is 5.11. The second-order valence-electron chi connectivity index (χ2n) is 12.1. The van der Waals surface area contributed by atoms with Crippen LogP contribution in [0.2, 0.25) is 0 Å². The fourth-order valence-corrected chi connectivity index (χ4v) is 9.91. The average molecular weight is 500 g/mol. The Morgan fingerprint density at radius 1 is 0.972 bits per heavy atom. The quantitative estimate of drug-likeness (QED) is 0.501. The number of hydrogen-bond acceptors (Lipinski definition) is 6. The Bertz CT molecular complexity index is 1310. The summed E-state index contributed by atoms with van der Waals surface area (Å²) in [6.45, 7) is 3.31. The van der Waals surface area contributed by atoms with Gasteiger partial charge in [-0.25, -0.2) is 9.97 Å². The third kappa shape index (κ3) is 3.27. The second kappa shape index (κ2) is 7.98. The topological polar surface area (TPSA) is 62.2 Å². The normalized spacial score (nSPS) is 30.8. The molecule has 4 saturated carbocycles. The van der Waals surface area contributed by atoms with E-state index >= 15 is 0 Å². The third-order valence-electron chi connectivity index (χ3n) is 9.82. The van der Waals surface area contributed by atoms with Crippen molar-refractivity contribution in [2.45, 2.75) is 57.8 Å². The van der Waals surface area contributed by atoms with E-state index in [1.54, 1.807) is 6.20 Å². The number of aromatic nitrogens is 3. The van der Waals surface area contributed by atoms with Gasteiger partial charge in [0.25, 0.3) is 0 Å². The molecule has 4 heterocycles. The van der Waals surface area contributed by atoms with Crippen molar-refractivity contribution in [3.05, 3.63) is 35.0 Å². The number of piperazine rings is 1. The SMILES string of the molecule is O=C(N1CCN(c2nc(-c3cccnc3)nc3sc4c(c23)CCC4)CC1)C12CC3CC(CC(C3)C1)C2. The molecule has 0 N–H and O–H groups in total. The van der Waals surface area contributed by atoms with Crippen LogP contribution in [-0.4, -0.2) is 51.9 Å². The van der Waals surface area contributed by atoms with E-state index in [1.165, 1.54) is 41.5 Å². The fourth-order valence-electron chi connectivity index (χ4n) is 8.66. The zero-order valence-corrected chi connectivity index (χ0v) is 21.6. The van der Waals surface area contributed by atoms with Gasteiger partial charge in [-0.2, -0.15) is 0 Å². The maximum atomic E-state index is 13.9. The molecule has 0 spiro atoms. The van der Waals surface area contributed by atoms with Crippen LogP contribution in [0, 0.1) is 23.2 Å². The van der Waals surface area contributed by atoms with Crippen molar-refractivity contribution in [3.63, 3.8) is 0 Å². The summed E-state index contributed by atoms with van der Waals surface area (Å²) in [7, 11) is 0. The van der Waals surface area contributed by atoms with Gasteiger partial charge in [-0.3, -0.25) is 9.78 Å². The molecule has 3 aromatic rings. The molecule has 0 radical (unpaired) electrons. The van der Waals surface area contributed by atoms with E-state index in [0.717, 1.165) is 98.1 Å². The van der Waals surface area contributed by atoms with Crippen molar-refractivity contribution >= 4 is 33.3 Å². The van der Waals surface area contributed by atoms with E-state index in [2.05, 4.69) is 14.8 Å². The number of carbonyl (C=O) groups is 1. The summed E-state index contributed by atoms with van der Waals surface area (Å²) < 4.78 is 0. The van der Waals surface area contributed by atoms with E-state index in [1.807, 2.05) is 29.7 Å². The highest BCUT2D eigenvalue weighted by molar-refractivity contribution is 7.19. The number of carbonyl (C=O) groups excluding carboxylic acids is 1. The minimum Gasteiger partial charge on any atom is -0.352 e. The van der Waals surface area contributed by atoms with Crippen molar-refractivity contribution in [2.24, 2.45) is 23.2 Å². The number of rotatable bonds is 3. The first kappa shape index (κ1) is 21.5. The third-order valence-corrected chi connectivity index (χ3v) is 11.0. The van der Waals surface area contributed by atoms with Gasteiger partial charge >= 0.3 is 0 Å². The molecule has 36 heavy (non-hydrogen) atoms. The van der Waals surface area contributed by atoms with Gasteiger partial charge in [0.1, 0.15) is 10.6 Å². The predicted molar refractivity (Wildman–Crippen MR) is 142 cm³/mol. The smallest absolute Gasteiger partial charge is 0.228 e. The minimum absolute atomic E-state index is 0.0409. The van der Waals surface area contributed by atoms with Crippen LogP contribution in [0.5, 0.6) is 0 Å². The number of pyridine rings is 1. The number of fused-ring (bicyclic) bond motifs is 3. The van der Waals surface area contributed by atoms with Crippen LogP contribution >= 0.6 is 11.3 Å². The number of anilines is 1. The Morgan fingerprint density at radius 2 is 1.72 bits per heavy atom. The first-order valence-electron chi connectivity index (χ1n) is 13.9. The summed E-state index contributed by atoms with van der Waals surface area (Å²) in [6.07, 6.45) is 14.8. The van der Waals surface area contributed by atoms with Crippen LogP contribution < -0.4 is 4.90 Å². The van der Waals surface area contributed by atoms with E-state index in [4.69, 9.17) is 9.97 Å². The lowest BCUT2D eigenvalue weighted by atomic mass is 9.49. The first-order valence-corrected chi connectivity index (χ1v) is 14.7. The Balaban J connectivity index is 1.09. The van der Waals surface area contributed by atoms with Gasteiger partial charge in [-0.05, 0) is 93.2 Å². The van der Waals surface area contributed by atoms with Gasteiger partial charge in [0.15, 0.2) is 5.82 Å². The van der Waals surface area contributed by atoms with Gasteiger partial charge < -0.3 is 9.80 Å². The molecule has 0 aromatic carbocycles. The molecule has 4 bridgehead atoms. The molecule has 6 nitrogen and oxygen atoms in total. The van der Waals surface area contributed by atoms with Crippen molar-refractivity contribution < 1.29 is 4.79 Å². The van der Waals surface area contributed by atoms with Gasteiger partial charge in [0.05, 0.1) is 10.8 Å². The summed E-state index contributed by atoms with van der Waals surface area (Å²) in [6, 6.07) is 3.99. The molecule has 1 aliphatic heterocycles. The molecule has 186 valence electrons. The molecule has 9 rings (SSSR count). The Labute approximate surface area is 216 Å². The number of aryl methyl sites for hydroxylation is 2. The molecule has 1 amide bonds. The monoisotopic (exact) mass is 499 g/mol. The van der Waals surface area contributed by atoms with Crippen molar-refractivity contribution in [3.8, 4) is 11.4 Å². The Hall–Kier alpha value is -2.54. The van der Waals surface area contributed by atoms with E-state index < -0.39 is 0 Å². The van der Waals surface area contributed by atoms with Gasteiger partial charge in [0, 0.05) is 49.0 Å². The summed E-state index contributed by atoms with van der Waals surface area (Å²) >= 11 is 1.85. The molecule has 6 aliphatic rings. The van der Waals surface area contributed by atoms with Crippen molar-refractivity contribution in [2.75, 3.05) is 31.1 Å². The summed E-state index contributed by atoms with van der Waals surface area (Å²) in [5.74, 6) is 4.73. The van der Waals surface area contributed by atoms with Gasteiger partial charge in [0.2, 0.25) is 5.91 Å². The van der Waals surface area contributed by atoms with E-state index in [-0.39, 0.29) is 5.41 Å². The first-order chi connectivity index (χ1) is 17.6. The lowest BCUT2D eigenvalue weighted by molar-refractivity contribution is -0.158. The van der Waals surface area contributed by atoms with Gasteiger partial charge in [-0.1, -0.05) is 0 Å². The van der Waals surface area contributed by atoms with Crippen LogP contribution in [0.15, 0.2) is 24.5 Å². The van der Waals surface area contributed by atoms with Gasteiger partial charge in [-0.15, -0.1) is 11.3 Å². The van der Waals surface area contributed by atoms with Crippen LogP contribution in [0.25, 0.3) is 21.6 Å². The maximum Gasteiger partial charge on any atom is 0.228 e. The highest BCUT2D eigenvalue weighted by Crippen LogP contribution is 2.60. The summed E-state index contributed by atoms with van der Waals surface area (Å²) in [5, 5.41) is 1.26. The molecule has 5 aliphatic carbocycles. The minimum atomic E-state index is -0.0409. The summed E-state index contributed by atoms with van der Waals surface area (Å²) in [5.41, 5.74) is 2.39. The standard InChI is InChI=1S/C29H33N5OS/c35-28(29-14-18-11-19(15-29)13-20(12-18)16-29)34-9-7-33(8-10-34)26-24-22-4-1-5-23(22)36-27(24)32-25(31-26)21-3-2-6-30-17-21/h2-3,6,17-20H,1,4-5,7-16H2. The lowest BCUT2D eigenvalue weighted by Gasteiger charge is -2.57. The molecule has 3 aromatic heterocycles. The molecule has 5 fully saturated rings. The van der Waals surface area contributed by atoms with E-state index in [9.17, 15) is 4.79 Å². The zero-order chi connectivity index (χ0) is 23.9. The van der Waals surface area contributed by atoms with Crippen LogP contribution in [0.3, 0.4) is 0 Å². The molecular weight excluding hydrogens is 466 g/mol. The van der Waals surface area contributed by atoms with Crippen LogP contribution in [0.1, 0.15) is 55.4 Å². The highest BCUT2D eigenvalue weighted by Gasteiger charge is 2.55. The largest absolute Gasteiger partial charge is 0.352 e. The average Bonchev–Trinajstić information content (AvgIpc) is 3.49. The lowest BCUT2D eigenvalue weighted by Crippen LogP contribution is -2.58. The molecule has 0 atom stereocenters. The number of hydrogen-bond donors (Lipinski definition) is 0. The van der Waals surface area contributed by atoms with Crippen LogP contribution in [-0.2, 0) is 17.6 Å². The zero-order valence-electron chi connectivity index (χ0n) is 20.8. The second-order valence-corrected chi connectivity index (χ2v) is 13.2. The van der Waals surface area contributed by atoms with Crippen LogP contribution in [0.4, 0.5) is 5.82 Å². The molecule has 0 unspecified atom stereocenters. The fraction of sp³-hybridized carbons (Fsp3) is 0.586. The number of amides is 1. The Morgan fingerprint density at radius 3 is 2.42 bits per heavy atom. The Kier molecular flexibility index (Phi) is 4.77. The maximum absolute atomic E-state index is 13.9. The molecule has 1 saturated heterocycles. The molecule has 7 heteroatoms. The van der Waals surface area contributed by atoms with E-state index in [0.29, 0.717) is 5.91 Å². The van der Waals surface area contributed by atoms with Crippen molar-refractivity contribution in [1.29, 1.82) is 0 Å². The summed E-state index contributed by atoms with van der Waals surface area (Å²) in [4.78, 5) is 35.6. The number of thiophene rings is 1.